The number of anilines is 1. The van der Waals surface area contributed by atoms with E-state index in [4.69, 9.17) is 9.88 Å². The van der Waals surface area contributed by atoms with Gasteiger partial charge in [0.2, 0.25) is 10.0 Å². The number of amides is 1. The predicted octanol–water partition coefficient (Wildman–Crippen LogP) is 0.130. The van der Waals surface area contributed by atoms with Crippen LogP contribution in [0.15, 0.2) is 41.7 Å². The predicted molar refractivity (Wildman–Crippen MR) is 96.9 cm³/mol. The first-order valence-electron chi connectivity index (χ1n) is 8.07. The van der Waals surface area contributed by atoms with Crippen LogP contribution < -0.4 is 10.5 Å². The summed E-state index contributed by atoms with van der Waals surface area (Å²) in [5, 5.41) is 11.5. The number of carbonyl (C=O) groups excluding carboxylic acids is 2. The smallest absolute Gasteiger partial charge is 0.342 e. The van der Waals surface area contributed by atoms with Gasteiger partial charge in [0, 0.05) is 11.9 Å². The molecule has 1 amide bonds. The van der Waals surface area contributed by atoms with Gasteiger partial charge in [-0.1, -0.05) is 6.92 Å². The number of primary sulfonamides is 1. The highest BCUT2D eigenvalue weighted by Crippen LogP contribution is 2.13. The number of rotatable bonds is 6. The van der Waals surface area contributed by atoms with Gasteiger partial charge in [0.05, 0.1) is 16.2 Å². The minimum Gasteiger partial charge on any atom is -0.452 e. The number of nitrogens with zero attached hydrogens (tertiary/aromatic N) is 4. The van der Waals surface area contributed by atoms with E-state index in [0.717, 1.165) is 0 Å². The summed E-state index contributed by atoms with van der Waals surface area (Å²) in [5.41, 5.74) is 1.07. The Hall–Kier alpha value is -3.38. The zero-order chi connectivity index (χ0) is 20.3. The van der Waals surface area contributed by atoms with Gasteiger partial charge < -0.3 is 10.1 Å². The van der Waals surface area contributed by atoms with E-state index >= 15 is 0 Å². The van der Waals surface area contributed by atoms with Gasteiger partial charge in [-0.2, -0.15) is 10.1 Å². The number of hydrogen-bond acceptors (Lipinski definition) is 8. The Morgan fingerprint density at radius 2 is 1.93 bits per heavy atom. The first kappa shape index (κ1) is 19.4. The van der Waals surface area contributed by atoms with Crippen LogP contribution in [-0.2, 0) is 26.0 Å². The molecule has 3 aromatic rings. The molecule has 0 aliphatic heterocycles. The molecule has 146 valence electrons. The van der Waals surface area contributed by atoms with Crippen LogP contribution in [0.2, 0.25) is 0 Å². The number of fused-ring (bicyclic) bond motifs is 1. The monoisotopic (exact) mass is 404 g/mol. The molecule has 0 atom stereocenters. The van der Waals surface area contributed by atoms with Gasteiger partial charge in [-0.3, -0.25) is 4.79 Å². The molecule has 28 heavy (non-hydrogen) atoms. The summed E-state index contributed by atoms with van der Waals surface area (Å²) >= 11 is 0. The van der Waals surface area contributed by atoms with Crippen LogP contribution in [0.5, 0.6) is 0 Å². The van der Waals surface area contributed by atoms with Crippen molar-refractivity contribution < 1.29 is 22.7 Å². The number of aryl methyl sites for hydroxylation is 1. The Kier molecular flexibility index (Phi) is 5.33. The maximum Gasteiger partial charge on any atom is 0.342 e. The lowest BCUT2D eigenvalue weighted by Gasteiger charge is -2.09. The minimum absolute atomic E-state index is 0.0833. The fourth-order valence-corrected chi connectivity index (χ4v) is 2.98. The van der Waals surface area contributed by atoms with Crippen LogP contribution in [0, 0.1) is 0 Å². The van der Waals surface area contributed by atoms with E-state index < -0.39 is 28.5 Å². The number of nitrogens with one attached hydrogen (secondary N) is 1. The van der Waals surface area contributed by atoms with Crippen molar-refractivity contribution in [2.75, 3.05) is 11.9 Å². The molecule has 3 N–H and O–H groups in total. The summed E-state index contributed by atoms with van der Waals surface area (Å²) in [5.74, 6) is -0.958. The number of sulfonamides is 1. The molecule has 0 saturated heterocycles. The molecule has 0 bridgehead atoms. The number of benzene rings is 1. The van der Waals surface area contributed by atoms with Crippen molar-refractivity contribution in [1.29, 1.82) is 0 Å². The lowest BCUT2D eigenvalue weighted by molar-refractivity contribution is -0.119. The molecular weight excluding hydrogens is 388 g/mol. The van der Waals surface area contributed by atoms with Gasteiger partial charge in [-0.05, 0) is 30.7 Å². The molecule has 0 aliphatic carbocycles. The molecule has 0 radical (unpaired) electrons. The summed E-state index contributed by atoms with van der Waals surface area (Å²) in [6.45, 7) is 1.31. The highest BCUT2D eigenvalue weighted by molar-refractivity contribution is 7.89. The van der Waals surface area contributed by atoms with Gasteiger partial charge in [-0.15, -0.1) is 0 Å². The number of nitrogens with two attached hydrogens (primary N) is 1. The molecule has 1 aromatic carbocycles. The lowest BCUT2D eigenvalue weighted by atomic mass is 10.2. The van der Waals surface area contributed by atoms with Crippen LogP contribution in [0.4, 0.5) is 5.69 Å². The number of ether oxygens (including phenoxy) is 1. The Morgan fingerprint density at radius 1 is 1.21 bits per heavy atom. The second-order valence-electron chi connectivity index (χ2n) is 5.64. The van der Waals surface area contributed by atoms with E-state index in [-0.39, 0.29) is 10.5 Å². The third kappa shape index (κ3) is 4.13. The molecular formula is C16H16N6O5S. The molecule has 2 aromatic heterocycles. The second kappa shape index (κ2) is 7.70. The lowest BCUT2D eigenvalue weighted by Crippen LogP contribution is -2.22. The normalized spacial score (nSPS) is 11.4. The molecule has 0 unspecified atom stereocenters. The van der Waals surface area contributed by atoms with Crippen molar-refractivity contribution in [3.8, 4) is 0 Å². The van der Waals surface area contributed by atoms with E-state index in [2.05, 4.69) is 20.4 Å². The number of aromatic nitrogens is 4. The zero-order valence-electron chi connectivity index (χ0n) is 14.7. The summed E-state index contributed by atoms with van der Waals surface area (Å²) in [4.78, 5) is 32.2. The molecule has 12 heteroatoms. The Balaban J connectivity index is 1.64. The largest absolute Gasteiger partial charge is 0.452 e. The van der Waals surface area contributed by atoms with Crippen LogP contribution in [0.1, 0.15) is 23.0 Å². The Labute approximate surface area is 159 Å². The number of hydrogen-bond donors (Lipinski definition) is 2. The summed E-state index contributed by atoms with van der Waals surface area (Å²) in [7, 11) is -3.82. The summed E-state index contributed by atoms with van der Waals surface area (Å²) in [6, 6.07) is 5.25. The summed E-state index contributed by atoms with van der Waals surface area (Å²) in [6.07, 6.45) is 3.13. The second-order valence-corrected chi connectivity index (χ2v) is 7.20. The maximum atomic E-state index is 12.3. The van der Waals surface area contributed by atoms with Crippen molar-refractivity contribution in [1.82, 2.24) is 19.6 Å². The van der Waals surface area contributed by atoms with Gasteiger partial charge >= 0.3 is 5.97 Å². The van der Waals surface area contributed by atoms with Crippen molar-refractivity contribution in [2.24, 2.45) is 5.14 Å². The van der Waals surface area contributed by atoms with Crippen LogP contribution in [0.25, 0.3) is 5.78 Å². The third-order valence-electron chi connectivity index (χ3n) is 3.76. The molecule has 0 aliphatic rings. The average Bonchev–Trinajstić information content (AvgIpc) is 3.13. The van der Waals surface area contributed by atoms with Gasteiger partial charge in [-0.25, -0.2) is 27.9 Å². The maximum absolute atomic E-state index is 12.3. The van der Waals surface area contributed by atoms with Crippen LogP contribution >= 0.6 is 0 Å². The van der Waals surface area contributed by atoms with Crippen LogP contribution in [-0.4, -0.2) is 46.5 Å². The first-order chi connectivity index (χ1) is 13.3. The minimum atomic E-state index is -3.82. The highest BCUT2D eigenvalue weighted by Gasteiger charge is 2.18. The molecule has 0 fully saturated rings. The van der Waals surface area contributed by atoms with Crippen LogP contribution in [0.3, 0.4) is 0 Å². The fourth-order valence-electron chi connectivity index (χ4n) is 2.47. The van der Waals surface area contributed by atoms with Gasteiger partial charge in [0.15, 0.2) is 6.61 Å². The van der Waals surface area contributed by atoms with Crippen molar-refractivity contribution in [3.05, 3.63) is 48.0 Å². The SMILES string of the molecule is CCc1c(C(=O)OCC(=O)Nc2ccc(S(N)(=O)=O)cc2)cnc2ncnn12. The average molecular weight is 404 g/mol. The van der Waals surface area contributed by atoms with E-state index in [1.807, 2.05) is 6.92 Å². The molecule has 0 spiro atoms. The van der Waals surface area contributed by atoms with E-state index in [0.29, 0.717) is 23.6 Å². The van der Waals surface area contributed by atoms with Crippen molar-refractivity contribution in [3.63, 3.8) is 0 Å². The van der Waals surface area contributed by atoms with E-state index in [1.54, 1.807) is 0 Å². The highest BCUT2D eigenvalue weighted by atomic mass is 32.2. The quantitative estimate of drug-likeness (QED) is 0.548. The van der Waals surface area contributed by atoms with Gasteiger partial charge in [0.1, 0.15) is 6.33 Å². The fraction of sp³-hybridized carbons (Fsp3) is 0.188. The number of carbonyl (C=O) groups is 2. The standard InChI is InChI=1S/C16H16N6O5S/c1-2-13-12(7-18-16-19-9-20-22(13)16)15(24)27-8-14(23)21-10-3-5-11(6-4-10)28(17,25)26/h3-7,9H,2,8H2,1H3,(H,21,23)(H2,17,25,26). The summed E-state index contributed by atoms with van der Waals surface area (Å²) < 4.78 is 28.9. The van der Waals surface area contributed by atoms with E-state index in [9.17, 15) is 18.0 Å². The van der Waals surface area contributed by atoms with E-state index in [1.165, 1.54) is 41.3 Å². The third-order valence-corrected chi connectivity index (χ3v) is 4.69. The molecule has 2 heterocycles. The van der Waals surface area contributed by atoms with Gasteiger partial charge in [0.25, 0.3) is 11.7 Å². The Bertz CT molecular complexity index is 1140. The molecule has 3 rings (SSSR count). The van der Waals surface area contributed by atoms with Crippen molar-refractivity contribution >= 4 is 33.4 Å². The van der Waals surface area contributed by atoms with Crippen molar-refractivity contribution in [2.45, 2.75) is 18.2 Å². The molecule has 11 nitrogen and oxygen atoms in total. The number of esters is 1. The first-order valence-corrected chi connectivity index (χ1v) is 9.61. The molecule has 0 saturated carbocycles. The topological polar surface area (TPSA) is 159 Å². The zero-order valence-corrected chi connectivity index (χ0v) is 15.5. The Morgan fingerprint density at radius 3 is 2.57 bits per heavy atom.